The zero-order valence-corrected chi connectivity index (χ0v) is 23.4. The minimum atomic E-state index is -1.03. The van der Waals surface area contributed by atoms with Crippen molar-refractivity contribution in [2.75, 3.05) is 0 Å². The Labute approximate surface area is 236 Å². The Bertz CT molecular complexity index is 1260. The van der Waals surface area contributed by atoms with Crippen LogP contribution in [-0.4, -0.2) is 46.1 Å². The molecule has 0 saturated heterocycles. The van der Waals surface area contributed by atoms with Gasteiger partial charge in [0.15, 0.2) is 0 Å². The number of amides is 2. The lowest BCUT2D eigenvalue weighted by molar-refractivity contribution is -0.127. The van der Waals surface area contributed by atoms with Gasteiger partial charge in [0, 0.05) is 12.3 Å². The molecule has 212 valence electrons. The van der Waals surface area contributed by atoms with Gasteiger partial charge in [-0.15, -0.1) is 0 Å². The van der Waals surface area contributed by atoms with Crippen molar-refractivity contribution in [2.45, 2.75) is 76.3 Å². The molecular formula is C33H40N2O5. The van der Waals surface area contributed by atoms with Gasteiger partial charge in [-0.1, -0.05) is 84.9 Å². The summed E-state index contributed by atoms with van der Waals surface area (Å²) in [5.41, 5.74) is 3.14. The van der Waals surface area contributed by atoms with Gasteiger partial charge in [0.25, 0.3) is 0 Å². The molecule has 0 aromatic heterocycles. The van der Waals surface area contributed by atoms with E-state index in [1.54, 1.807) is 20.8 Å². The van der Waals surface area contributed by atoms with E-state index in [2.05, 4.69) is 10.6 Å². The quantitative estimate of drug-likeness (QED) is 0.301. The third-order valence-electron chi connectivity index (χ3n) is 7.19. The molecule has 0 fully saturated rings. The highest BCUT2D eigenvalue weighted by Gasteiger charge is 2.35. The minimum absolute atomic E-state index is 0.110. The van der Waals surface area contributed by atoms with E-state index >= 15 is 0 Å². The van der Waals surface area contributed by atoms with E-state index in [4.69, 9.17) is 4.74 Å². The van der Waals surface area contributed by atoms with E-state index in [-0.39, 0.29) is 12.3 Å². The predicted octanol–water partition coefficient (Wildman–Crippen LogP) is 4.51. The molecule has 4 rings (SSSR count). The molecule has 0 bridgehead atoms. The smallest absolute Gasteiger partial charge is 0.407 e. The predicted molar refractivity (Wildman–Crippen MR) is 155 cm³/mol. The molecule has 0 saturated carbocycles. The number of carbonyl (C=O) groups is 2. The van der Waals surface area contributed by atoms with Crippen molar-refractivity contribution < 1.29 is 24.5 Å². The number of aliphatic hydroxyl groups is 2. The number of ether oxygens (including phenoxy) is 1. The standard InChI is InChI=1S/C33H40N2O5/c1-33(2,3)40-32(39)34-27(19-23-14-8-5-9-15-23)28(36)21-25(18-22-12-6-4-7-13-22)31(38)35-30-26-17-11-10-16-24(26)20-29(30)37/h4-17,25,27-30,36-37H,18-21H2,1-3H3,(H,34,39)(H,35,38)/t25-,27-,28-,29-,30+/m0/s1. The van der Waals surface area contributed by atoms with Gasteiger partial charge in [0.05, 0.1) is 24.3 Å². The fourth-order valence-corrected chi connectivity index (χ4v) is 5.27. The van der Waals surface area contributed by atoms with E-state index < -0.39 is 41.9 Å². The number of fused-ring (bicyclic) bond motifs is 1. The number of alkyl carbamates (subject to hydrolysis) is 1. The highest BCUT2D eigenvalue weighted by molar-refractivity contribution is 5.80. The van der Waals surface area contributed by atoms with Crippen LogP contribution >= 0.6 is 0 Å². The molecule has 4 N–H and O–H groups in total. The molecule has 40 heavy (non-hydrogen) atoms. The van der Waals surface area contributed by atoms with Crippen molar-refractivity contribution in [1.82, 2.24) is 10.6 Å². The van der Waals surface area contributed by atoms with Crippen molar-refractivity contribution >= 4 is 12.0 Å². The third kappa shape index (κ3) is 8.16. The number of rotatable bonds is 10. The summed E-state index contributed by atoms with van der Waals surface area (Å²) in [6, 6.07) is 25.8. The van der Waals surface area contributed by atoms with E-state index in [0.29, 0.717) is 19.3 Å². The van der Waals surface area contributed by atoms with Crippen LogP contribution in [0.25, 0.3) is 0 Å². The largest absolute Gasteiger partial charge is 0.444 e. The molecule has 0 aliphatic heterocycles. The maximum Gasteiger partial charge on any atom is 0.407 e. The van der Waals surface area contributed by atoms with Crippen LogP contribution in [0, 0.1) is 5.92 Å². The molecule has 3 aromatic carbocycles. The van der Waals surface area contributed by atoms with Crippen LogP contribution in [0.2, 0.25) is 0 Å². The van der Waals surface area contributed by atoms with E-state index in [1.807, 2.05) is 84.9 Å². The Morgan fingerprint density at radius 1 is 0.900 bits per heavy atom. The first-order valence-corrected chi connectivity index (χ1v) is 13.9. The number of aliphatic hydroxyl groups excluding tert-OH is 2. The average molecular weight is 545 g/mol. The number of nitrogens with one attached hydrogen (secondary N) is 2. The van der Waals surface area contributed by atoms with Crippen LogP contribution in [0.4, 0.5) is 4.79 Å². The first-order valence-electron chi connectivity index (χ1n) is 13.9. The molecule has 0 unspecified atom stereocenters. The second-order valence-corrected chi connectivity index (χ2v) is 11.6. The van der Waals surface area contributed by atoms with Crippen molar-refractivity contribution in [3.63, 3.8) is 0 Å². The van der Waals surface area contributed by atoms with E-state index in [9.17, 15) is 19.8 Å². The second kappa shape index (κ2) is 13.1. The maximum atomic E-state index is 13.7. The maximum absolute atomic E-state index is 13.7. The van der Waals surface area contributed by atoms with Gasteiger partial charge in [-0.2, -0.15) is 0 Å². The van der Waals surface area contributed by atoms with Gasteiger partial charge in [0.2, 0.25) is 5.91 Å². The molecule has 1 aliphatic carbocycles. The van der Waals surface area contributed by atoms with Crippen molar-refractivity contribution in [2.24, 2.45) is 5.92 Å². The zero-order valence-electron chi connectivity index (χ0n) is 23.4. The summed E-state index contributed by atoms with van der Waals surface area (Å²) in [5.74, 6) is -0.851. The van der Waals surface area contributed by atoms with Crippen LogP contribution in [0.1, 0.15) is 55.5 Å². The molecular weight excluding hydrogens is 504 g/mol. The van der Waals surface area contributed by atoms with Gasteiger partial charge in [-0.25, -0.2) is 4.79 Å². The number of benzene rings is 3. The topological polar surface area (TPSA) is 108 Å². The van der Waals surface area contributed by atoms with Crippen LogP contribution in [-0.2, 0) is 28.8 Å². The Hall–Kier alpha value is -3.68. The fraction of sp³-hybridized carbons (Fsp3) is 0.394. The molecule has 0 heterocycles. The normalized spacial score (nSPS) is 18.7. The minimum Gasteiger partial charge on any atom is -0.444 e. The molecule has 0 radical (unpaired) electrons. The zero-order chi connectivity index (χ0) is 28.7. The number of carbonyl (C=O) groups excluding carboxylic acids is 2. The molecule has 5 atom stereocenters. The third-order valence-corrected chi connectivity index (χ3v) is 7.19. The lowest BCUT2D eigenvalue weighted by Crippen LogP contribution is -2.48. The second-order valence-electron chi connectivity index (χ2n) is 11.6. The Balaban J connectivity index is 1.54. The first kappa shape index (κ1) is 29.3. The summed E-state index contributed by atoms with van der Waals surface area (Å²) >= 11 is 0. The molecule has 0 spiro atoms. The van der Waals surface area contributed by atoms with Crippen LogP contribution < -0.4 is 10.6 Å². The Kier molecular flexibility index (Phi) is 9.61. The molecule has 1 aliphatic rings. The molecule has 7 nitrogen and oxygen atoms in total. The first-order chi connectivity index (χ1) is 19.1. The average Bonchev–Trinajstić information content (AvgIpc) is 3.22. The van der Waals surface area contributed by atoms with Gasteiger partial charge >= 0.3 is 6.09 Å². The van der Waals surface area contributed by atoms with Crippen molar-refractivity contribution in [1.29, 1.82) is 0 Å². The van der Waals surface area contributed by atoms with Crippen LogP contribution in [0.15, 0.2) is 84.9 Å². The molecule has 7 heteroatoms. The summed E-state index contributed by atoms with van der Waals surface area (Å²) in [7, 11) is 0. The van der Waals surface area contributed by atoms with Gasteiger partial charge in [-0.3, -0.25) is 4.79 Å². The molecule has 2 amide bonds. The van der Waals surface area contributed by atoms with Crippen molar-refractivity contribution in [3.05, 3.63) is 107 Å². The number of hydrogen-bond acceptors (Lipinski definition) is 5. The summed E-state index contributed by atoms with van der Waals surface area (Å²) in [6.45, 7) is 5.35. The van der Waals surface area contributed by atoms with E-state index in [1.165, 1.54) is 0 Å². The summed E-state index contributed by atoms with van der Waals surface area (Å²) in [4.78, 5) is 26.4. The Morgan fingerprint density at radius 2 is 1.48 bits per heavy atom. The van der Waals surface area contributed by atoms with Crippen LogP contribution in [0.5, 0.6) is 0 Å². The highest BCUT2D eigenvalue weighted by Crippen LogP contribution is 2.32. The van der Waals surface area contributed by atoms with Gasteiger partial charge in [0.1, 0.15) is 5.60 Å². The Morgan fingerprint density at radius 3 is 2.10 bits per heavy atom. The fourth-order valence-electron chi connectivity index (χ4n) is 5.27. The monoisotopic (exact) mass is 544 g/mol. The lowest BCUT2D eigenvalue weighted by Gasteiger charge is -2.29. The lowest BCUT2D eigenvalue weighted by atomic mass is 9.88. The number of hydrogen-bond donors (Lipinski definition) is 4. The van der Waals surface area contributed by atoms with Gasteiger partial charge < -0.3 is 25.6 Å². The van der Waals surface area contributed by atoms with Crippen LogP contribution in [0.3, 0.4) is 0 Å². The summed E-state index contributed by atoms with van der Waals surface area (Å²) in [5, 5.41) is 28.1. The van der Waals surface area contributed by atoms with Crippen molar-refractivity contribution in [3.8, 4) is 0 Å². The van der Waals surface area contributed by atoms with Gasteiger partial charge in [-0.05, 0) is 62.3 Å². The van der Waals surface area contributed by atoms with E-state index in [0.717, 1.165) is 22.3 Å². The highest BCUT2D eigenvalue weighted by atomic mass is 16.6. The SMILES string of the molecule is CC(C)(C)OC(=O)N[C@@H](Cc1ccccc1)[C@@H](O)C[C@H](Cc1ccccc1)C(=O)N[C@@H]1c2ccccc2C[C@@H]1O. The summed E-state index contributed by atoms with van der Waals surface area (Å²) in [6.07, 6.45) is -1.02. The molecule has 3 aromatic rings. The summed E-state index contributed by atoms with van der Waals surface area (Å²) < 4.78 is 5.47.